The molecule has 0 aromatic carbocycles. The molecule has 0 saturated carbocycles. The van der Waals surface area contributed by atoms with E-state index in [0.717, 1.165) is 32.1 Å². The van der Waals surface area contributed by atoms with Gasteiger partial charge in [-0.05, 0) is 24.7 Å². The summed E-state index contributed by atoms with van der Waals surface area (Å²) >= 11 is 0. The Kier molecular flexibility index (Phi) is 17.0. The molecule has 0 N–H and O–H groups in total. The van der Waals surface area contributed by atoms with Crippen molar-refractivity contribution in [3.05, 3.63) is 44.9 Å². The molecular weight excluding hydrogens is 216 g/mol. The van der Waals surface area contributed by atoms with Crippen LogP contribution in [-0.4, -0.2) is 23.1 Å². The van der Waals surface area contributed by atoms with Gasteiger partial charge in [0.2, 0.25) is 0 Å². The van der Waals surface area contributed by atoms with Crippen molar-refractivity contribution >= 4 is 23.1 Å². The van der Waals surface area contributed by atoms with Crippen LogP contribution in [-0.2, 0) is 0 Å². The minimum absolute atomic E-state index is 0. The Morgan fingerprint density at radius 1 is 0.933 bits per heavy atom. The van der Waals surface area contributed by atoms with Crippen LogP contribution in [0.3, 0.4) is 0 Å². The first-order valence-corrected chi connectivity index (χ1v) is 4.86. The fourth-order valence-corrected chi connectivity index (χ4v) is 1.85. The van der Waals surface area contributed by atoms with Gasteiger partial charge in [-0.15, -0.1) is 19.7 Å². The fourth-order valence-electron chi connectivity index (χ4n) is 1.85. The first kappa shape index (κ1) is 20.7. The average Bonchev–Trinajstić information content (AvgIpc) is 2.06. The van der Waals surface area contributed by atoms with Crippen LogP contribution in [0.5, 0.6) is 0 Å². The number of hydrogen-bond donors (Lipinski definition) is 0. The molecule has 0 nitrogen and oxygen atoms in total. The summed E-state index contributed by atoms with van der Waals surface area (Å²) in [4.78, 5) is 0. The Hall–Kier alpha value is 0.276. The van der Waals surface area contributed by atoms with Gasteiger partial charge in [0.1, 0.15) is 0 Å². The summed E-state index contributed by atoms with van der Waals surface area (Å²) in [6.07, 6.45) is 11.1. The van der Waals surface area contributed by atoms with Crippen molar-refractivity contribution in [2.45, 2.75) is 32.1 Å². The molecule has 0 unspecified atom stereocenters. The molecule has 0 atom stereocenters. The second-order valence-electron chi connectivity index (χ2n) is 3.58. The summed E-state index contributed by atoms with van der Waals surface area (Å²) in [7, 11) is 0. The van der Waals surface area contributed by atoms with Crippen LogP contribution in [0, 0.1) is 12.3 Å². The molecule has 0 aliphatic rings. The first-order chi connectivity index (χ1) is 6.24. The Bertz CT molecular complexity index is 149. The third-order valence-electron chi connectivity index (χ3n) is 2.44. The number of hydrogen-bond acceptors (Lipinski definition) is 0. The maximum absolute atomic E-state index is 3.91. The second-order valence-corrected chi connectivity index (χ2v) is 3.58. The molecule has 0 heterocycles. The quantitative estimate of drug-likeness (QED) is 0.335. The van der Waals surface area contributed by atoms with E-state index in [1.165, 1.54) is 0 Å². The van der Waals surface area contributed by atoms with Gasteiger partial charge in [-0.25, -0.2) is 0 Å². The third kappa shape index (κ3) is 8.12. The van der Waals surface area contributed by atoms with E-state index in [0.29, 0.717) is 0 Å². The molecule has 0 fully saturated rings. The average molecular weight is 237 g/mol. The summed E-state index contributed by atoms with van der Waals surface area (Å²) in [6, 6.07) is 0. The van der Waals surface area contributed by atoms with Crippen molar-refractivity contribution in [2.24, 2.45) is 5.41 Å². The Balaban J connectivity index is -0.000000720. The monoisotopic (exact) mass is 236 g/mol. The molecule has 0 amide bonds. The third-order valence-corrected chi connectivity index (χ3v) is 2.44. The van der Waals surface area contributed by atoms with E-state index in [1.807, 2.05) is 18.2 Å². The van der Waals surface area contributed by atoms with E-state index >= 15 is 0 Å². The zero-order chi connectivity index (χ0) is 10.2. The van der Waals surface area contributed by atoms with Gasteiger partial charge >= 0.3 is 23.1 Å². The molecule has 15 heavy (non-hydrogen) atoms. The molecule has 0 radical (unpaired) electrons. The zero-order valence-electron chi connectivity index (χ0n) is 9.68. The smallest absolute Gasteiger partial charge is 1.00 e. The van der Waals surface area contributed by atoms with Crippen LogP contribution >= 0.6 is 0 Å². The van der Waals surface area contributed by atoms with Gasteiger partial charge in [-0.3, -0.25) is 0 Å². The van der Waals surface area contributed by atoms with Gasteiger partial charge in [0, 0.05) is 0 Å². The Labute approximate surface area is 117 Å². The molecule has 0 saturated heterocycles. The van der Waals surface area contributed by atoms with Gasteiger partial charge < -0.3 is 19.3 Å². The van der Waals surface area contributed by atoms with Crippen molar-refractivity contribution in [2.75, 3.05) is 0 Å². The van der Waals surface area contributed by atoms with E-state index in [1.54, 1.807) is 0 Å². The van der Waals surface area contributed by atoms with Crippen molar-refractivity contribution in [3.8, 4) is 0 Å². The van der Waals surface area contributed by atoms with Crippen LogP contribution in [0.1, 0.15) is 32.1 Å². The molecule has 0 bridgehead atoms. The summed E-state index contributed by atoms with van der Waals surface area (Å²) in [5.41, 5.74) is 0.285. The SMILES string of the molecule is C=CCC(CC=C)(CC=C)CC[CH2-].[Cl-].[Mg+2]. The van der Waals surface area contributed by atoms with Crippen molar-refractivity contribution in [1.29, 1.82) is 0 Å². The number of rotatable bonds is 8. The van der Waals surface area contributed by atoms with Crippen molar-refractivity contribution in [1.82, 2.24) is 0 Å². The fraction of sp³-hybridized carbons (Fsp3) is 0.462. The largest absolute Gasteiger partial charge is 2.00 e. The predicted molar refractivity (Wildman–Crippen MR) is 67.2 cm³/mol. The molecule has 0 aromatic rings. The number of halogens is 1. The summed E-state index contributed by atoms with van der Waals surface area (Å²) in [5, 5.41) is 0. The van der Waals surface area contributed by atoms with Crippen molar-refractivity contribution < 1.29 is 12.4 Å². The topological polar surface area (TPSA) is 0 Å². The van der Waals surface area contributed by atoms with E-state index in [2.05, 4.69) is 26.7 Å². The van der Waals surface area contributed by atoms with E-state index < -0.39 is 0 Å². The molecule has 0 aliphatic heterocycles. The first-order valence-electron chi connectivity index (χ1n) is 4.86. The van der Waals surface area contributed by atoms with E-state index in [-0.39, 0.29) is 40.9 Å². The molecule has 82 valence electrons. The van der Waals surface area contributed by atoms with Crippen LogP contribution in [0.4, 0.5) is 0 Å². The van der Waals surface area contributed by atoms with Gasteiger partial charge in [-0.2, -0.15) is 6.42 Å². The van der Waals surface area contributed by atoms with Crippen LogP contribution in [0.25, 0.3) is 0 Å². The molecule has 0 spiro atoms. The molecule has 0 aromatic heterocycles. The molecule has 0 rings (SSSR count). The summed E-state index contributed by atoms with van der Waals surface area (Å²) < 4.78 is 0. The summed E-state index contributed by atoms with van der Waals surface area (Å²) in [6.45, 7) is 15.3. The zero-order valence-corrected chi connectivity index (χ0v) is 11.9. The van der Waals surface area contributed by atoms with Crippen LogP contribution in [0.15, 0.2) is 38.0 Å². The van der Waals surface area contributed by atoms with Crippen molar-refractivity contribution in [3.63, 3.8) is 0 Å². The molecule has 0 aliphatic carbocycles. The standard InChI is InChI=1S/C13H21.ClH.Mg/c1-5-9-13(10-6-2,11-7-3)12-8-4;;/h5-7H,1-4,8-12H2;1H;/q-1;;+2/p-1. The van der Waals surface area contributed by atoms with Gasteiger partial charge in [0.25, 0.3) is 0 Å². The van der Waals surface area contributed by atoms with Gasteiger partial charge in [0.05, 0.1) is 0 Å². The van der Waals surface area contributed by atoms with E-state index in [9.17, 15) is 0 Å². The predicted octanol–water partition coefficient (Wildman–Crippen LogP) is 0.939. The summed E-state index contributed by atoms with van der Waals surface area (Å²) in [5.74, 6) is 0. The second kappa shape index (κ2) is 12.3. The van der Waals surface area contributed by atoms with Gasteiger partial charge in [-0.1, -0.05) is 24.6 Å². The van der Waals surface area contributed by atoms with E-state index in [4.69, 9.17) is 0 Å². The minimum Gasteiger partial charge on any atom is -1.00 e. The normalized spacial score (nSPS) is 9.40. The molecular formula is C13H21ClMg. The Morgan fingerprint density at radius 3 is 1.47 bits per heavy atom. The number of allylic oxidation sites excluding steroid dienone is 3. The maximum atomic E-state index is 3.91. The maximum Gasteiger partial charge on any atom is 2.00 e. The minimum atomic E-state index is 0. The van der Waals surface area contributed by atoms with Crippen LogP contribution < -0.4 is 12.4 Å². The molecule has 2 heteroatoms. The van der Waals surface area contributed by atoms with Crippen LogP contribution in [0.2, 0.25) is 0 Å². The Morgan fingerprint density at radius 2 is 1.27 bits per heavy atom. The van der Waals surface area contributed by atoms with Gasteiger partial charge in [0.15, 0.2) is 0 Å².